The molecule has 2 amide bonds. The third-order valence-electron chi connectivity index (χ3n) is 4.26. The molecule has 2 heterocycles. The lowest BCUT2D eigenvalue weighted by molar-refractivity contribution is -0.120. The third-order valence-corrected chi connectivity index (χ3v) is 4.26. The van der Waals surface area contributed by atoms with E-state index in [1.807, 2.05) is 57.3 Å². The van der Waals surface area contributed by atoms with Crippen LogP contribution in [0.25, 0.3) is 0 Å². The Bertz CT molecular complexity index is 795. The van der Waals surface area contributed by atoms with E-state index in [-0.39, 0.29) is 5.91 Å². The van der Waals surface area contributed by atoms with Gasteiger partial charge in [-0.05, 0) is 39.2 Å². The van der Waals surface area contributed by atoms with Gasteiger partial charge in [0, 0.05) is 18.8 Å². The number of hydrogen-bond acceptors (Lipinski definition) is 4. The molecule has 1 aliphatic heterocycles. The number of carbonyl (C=O) groups excluding carboxylic acids is 2. The van der Waals surface area contributed by atoms with Crippen LogP contribution < -0.4 is 5.32 Å². The number of carbonyl (C=O) groups is 2. The number of amides is 2. The number of benzene rings is 1. The number of anilines is 1. The fraction of sp³-hybridized carbons (Fsp3) is 0.450. The SMILES string of the molecule is CC(C)(C)OC(=O)N1CCCC1C(=O)Nc1ccn(Cc2ccccc2)n1. The molecule has 27 heavy (non-hydrogen) atoms. The van der Waals surface area contributed by atoms with Crippen molar-refractivity contribution in [3.8, 4) is 0 Å². The van der Waals surface area contributed by atoms with E-state index in [1.54, 1.807) is 10.7 Å². The molecular weight excluding hydrogens is 344 g/mol. The molecule has 144 valence electrons. The number of aromatic nitrogens is 2. The molecule has 1 fully saturated rings. The second kappa shape index (κ2) is 7.82. The molecule has 7 nitrogen and oxygen atoms in total. The Morgan fingerprint density at radius 3 is 2.67 bits per heavy atom. The van der Waals surface area contributed by atoms with Crippen LogP contribution in [0.4, 0.5) is 10.6 Å². The van der Waals surface area contributed by atoms with E-state index >= 15 is 0 Å². The maximum Gasteiger partial charge on any atom is 0.410 e. The zero-order chi connectivity index (χ0) is 19.4. The molecule has 0 spiro atoms. The van der Waals surface area contributed by atoms with Gasteiger partial charge in [0.2, 0.25) is 5.91 Å². The van der Waals surface area contributed by atoms with Crippen LogP contribution in [0.3, 0.4) is 0 Å². The lowest BCUT2D eigenvalue weighted by Gasteiger charge is -2.27. The van der Waals surface area contributed by atoms with Gasteiger partial charge in [0.15, 0.2) is 5.82 Å². The number of rotatable bonds is 4. The first kappa shape index (κ1) is 18.9. The fourth-order valence-electron chi connectivity index (χ4n) is 3.07. The second-order valence-electron chi connectivity index (χ2n) is 7.71. The van der Waals surface area contributed by atoms with E-state index in [9.17, 15) is 9.59 Å². The molecule has 1 unspecified atom stereocenters. The summed E-state index contributed by atoms with van der Waals surface area (Å²) in [6.45, 7) is 6.60. The van der Waals surface area contributed by atoms with Crippen molar-refractivity contribution >= 4 is 17.8 Å². The molecule has 1 aromatic carbocycles. The van der Waals surface area contributed by atoms with Crippen molar-refractivity contribution in [3.05, 3.63) is 48.2 Å². The topological polar surface area (TPSA) is 76.5 Å². The van der Waals surface area contributed by atoms with E-state index in [0.29, 0.717) is 25.3 Å². The summed E-state index contributed by atoms with van der Waals surface area (Å²) in [4.78, 5) is 26.5. The van der Waals surface area contributed by atoms with Crippen LogP contribution in [-0.4, -0.2) is 44.9 Å². The summed E-state index contributed by atoms with van der Waals surface area (Å²) in [6.07, 6.45) is 2.77. The van der Waals surface area contributed by atoms with Gasteiger partial charge in [-0.3, -0.25) is 14.4 Å². The Kier molecular flexibility index (Phi) is 5.48. The van der Waals surface area contributed by atoms with Crippen molar-refractivity contribution < 1.29 is 14.3 Å². The Labute approximate surface area is 159 Å². The number of ether oxygens (including phenoxy) is 1. The van der Waals surface area contributed by atoms with Gasteiger partial charge in [-0.2, -0.15) is 5.10 Å². The standard InChI is InChI=1S/C20H26N4O3/c1-20(2,3)27-19(26)24-12-7-10-16(24)18(25)21-17-11-13-23(22-17)14-15-8-5-4-6-9-15/h4-6,8-9,11,13,16H,7,10,12,14H2,1-3H3,(H,21,22,25). The minimum Gasteiger partial charge on any atom is -0.444 e. The molecule has 1 atom stereocenters. The highest BCUT2D eigenvalue weighted by molar-refractivity contribution is 5.96. The highest BCUT2D eigenvalue weighted by Gasteiger charge is 2.36. The molecule has 1 aromatic heterocycles. The van der Waals surface area contributed by atoms with E-state index in [4.69, 9.17) is 4.74 Å². The quantitative estimate of drug-likeness (QED) is 0.896. The van der Waals surface area contributed by atoms with E-state index in [2.05, 4.69) is 10.4 Å². The highest BCUT2D eigenvalue weighted by atomic mass is 16.6. The van der Waals surface area contributed by atoms with E-state index in [0.717, 1.165) is 12.0 Å². The average molecular weight is 370 g/mol. The smallest absolute Gasteiger partial charge is 0.410 e. The third kappa shape index (κ3) is 5.09. The van der Waals surface area contributed by atoms with Crippen LogP contribution >= 0.6 is 0 Å². The van der Waals surface area contributed by atoms with Gasteiger partial charge in [-0.15, -0.1) is 0 Å². The van der Waals surface area contributed by atoms with E-state index < -0.39 is 17.7 Å². The van der Waals surface area contributed by atoms with E-state index in [1.165, 1.54) is 4.90 Å². The summed E-state index contributed by atoms with van der Waals surface area (Å²) in [7, 11) is 0. The molecule has 2 aromatic rings. The summed E-state index contributed by atoms with van der Waals surface area (Å²) in [5, 5.41) is 7.21. The first-order chi connectivity index (χ1) is 12.8. The Hall–Kier alpha value is -2.83. The van der Waals surface area contributed by atoms with Gasteiger partial charge in [0.1, 0.15) is 11.6 Å². The van der Waals surface area contributed by atoms with Gasteiger partial charge in [0.25, 0.3) is 0 Å². The zero-order valence-electron chi connectivity index (χ0n) is 16.0. The summed E-state index contributed by atoms with van der Waals surface area (Å²) < 4.78 is 7.18. The van der Waals surface area contributed by atoms with Crippen molar-refractivity contribution in [1.82, 2.24) is 14.7 Å². The van der Waals surface area contributed by atoms with Crippen LogP contribution in [0.2, 0.25) is 0 Å². The molecule has 7 heteroatoms. The fourth-order valence-corrected chi connectivity index (χ4v) is 3.07. The molecular formula is C20H26N4O3. The van der Waals surface area contributed by atoms with Crippen molar-refractivity contribution in [2.24, 2.45) is 0 Å². The molecule has 1 N–H and O–H groups in total. The lowest BCUT2D eigenvalue weighted by Crippen LogP contribution is -2.45. The average Bonchev–Trinajstić information content (AvgIpc) is 3.23. The maximum atomic E-state index is 12.7. The number of nitrogens with zero attached hydrogens (tertiary/aromatic N) is 3. The van der Waals surface area contributed by atoms with Crippen molar-refractivity contribution in [2.45, 2.75) is 51.8 Å². The minimum atomic E-state index is -0.586. The molecule has 1 aliphatic rings. The van der Waals surface area contributed by atoms with Gasteiger partial charge >= 0.3 is 6.09 Å². The van der Waals surface area contributed by atoms with Gasteiger partial charge in [-0.1, -0.05) is 30.3 Å². The second-order valence-corrected chi connectivity index (χ2v) is 7.71. The largest absolute Gasteiger partial charge is 0.444 e. The molecule has 3 rings (SSSR count). The lowest BCUT2D eigenvalue weighted by atomic mass is 10.2. The van der Waals surface area contributed by atoms with Crippen molar-refractivity contribution in [1.29, 1.82) is 0 Å². The Morgan fingerprint density at radius 1 is 1.22 bits per heavy atom. The molecule has 0 radical (unpaired) electrons. The Morgan fingerprint density at radius 2 is 1.96 bits per heavy atom. The predicted octanol–water partition coefficient (Wildman–Crippen LogP) is 3.27. The van der Waals surface area contributed by atoms with Gasteiger partial charge in [0.05, 0.1) is 6.54 Å². The number of nitrogens with one attached hydrogen (secondary N) is 1. The van der Waals surface area contributed by atoms with Crippen LogP contribution in [-0.2, 0) is 16.1 Å². The van der Waals surface area contributed by atoms with Crippen LogP contribution in [0, 0.1) is 0 Å². The zero-order valence-corrected chi connectivity index (χ0v) is 16.0. The highest BCUT2D eigenvalue weighted by Crippen LogP contribution is 2.22. The number of likely N-dealkylation sites (tertiary alicyclic amines) is 1. The Balaban J connectivity index is 1.60. The van der Waals surface area contributed by atoms with Crippen LogP contribution in [0.5, 0.6) is 0 Å². The van der Waals surface area contributed by atoms with Crippen molar-refractivity contribution in [2.75, 3.05) is 11.9 Å². The molecule has 0 saturated carbocycles. The first-order valence-corrected chi connectivity index (χ1v) is 9.20. The van der Waals surface area contributed by atoms with Crippen molar-refractivity contribution in [3.63, 3.8) is 0 Å². The van der Waals surface area contributed by atoms with Gasteiger partial charge < -0.3 is 10.1 Å². The van der Waals surface area contributed by atoms with Crippen LogP contribution in [0.15, 0.2) is 42.6 Å². The monoisotopic (exact) mass is 370 g/mol. The normalized spacial score (nSPS) is 17.0. The summed E-state index contributed by atoms with van der Waals surface area (Å²) in [5.74, 6) is 0.246. The molecule has 0 aliphatic carbocycles. The first-order valence-electron chi connectivity index (χ1n) is 9.20. The summed E-state index contributed by atoms with van der Waals surface area (Å²) >= 11 is 0. The molecule has 1 saturated heterocycles. The predicted molar refractivity (Wildman–Crippen MR) is 102 cm³/mol. The minimum absolute atomic E-state index is 0.233. The number of hydrogen-bond donors (Lipinski definition) is 1. The molecule has 0 bridgehead atoms. The summed E-state index contributed by atoms with van der Waals surface area (Å²) in [6, 6.07) is 11.2. The summed E-state index contributed by atoms with van der Waals surface area (Å²) in [5.41, 5.74) is 0.544. The van der Waals surface area contributed by atoms with Crippen LogP contribution in [0.1, 0.15) is 39.2 Å². The van der Waals surface area contributed by atoms with Gasteiger partial charge in [-0.25, -0.2) is 4.79 Å². The maximum absolute atomic E-state index is 12.7.